The van der Waals surface area contributed by atoms with E-state index < -0.39 is 0 Å². The van der Waals surface area contributed by atoms with E-state index in [9.17, 15) is 5.11 Å². The average Bonchev–Trinajstić information content (AvgIpc) is 2.37. The van der Waals surface area contributed by atoms with Crippen LogP contribution in [-0.4, -0.2) is 38.5 Å². The van der Waals surface area contributed by atoms with Crippen molar-refractivity contribution in [3.63, 3.8) is 0 Å². The fourth-order valence-electron chi connectivity index (χ4n) is 2.83. The van der Waals surface area contributed by atoms with Gasteiger partial charge in [0.1, 0.15) is 0 Å². The third kappa shape index (κ3) is 5.25. The molecule has 0 radical (unpaired) electrons. The summed E-state index contributed by atoms with van der Waals surface area (Å²) in [5.41, 5.74) is 0.414. The molecular formula is C15H31NO2. The largest absolute Gasteiger partial charge is 0.396 e. The first-order valence-corrected chi connectivity index (χ1v) is 7.34. The monoisotopic (exact) mass is 257 g/mol. The first kappa shape index (κ1) is 15.9. The van der Waals surface area contributed by atoms with E-state index in [1.54, 1.807) is 7.11 Å². The SMILES string of the molecule is COCCC(C)(C)CNCC1(CO)CCCCC1. The highest BCUT2D eigenvalue weighted by Crippen LogP contribution is 2.35. The summed E-state index contributed by atoms with van der Waals surface area (Å²) in [5.74, 6) is 0. The average molecular weight is 257 g/mol. The Morgan fingerprint density at radius 1 is 1.22 bits per heavy atom. The highest BCUT2D eigenvalue weighted by atomic mass is 16.5. The third-order valence-corrected chi connectivity index (χ3v) is 4.34. The standard InChI is InChI=1S/C15H31NO2/c1-14(2,9-10-18-3)11-16-12-15(13-17)7-5-4-6-8-15/h16-17H,4-13H2,1-3H3. The molecule has 0 saturated heterocycles. The van der Waals surface area contributed by atoms with Gasteiger partial charge in [-0.1, -0.05) is 33.1 Å². The van der Waals surface area contributed by atoms with E-state index in [0.29, 0.717) is 6.61 Å². The van der Waals surface area contributed by atoms with Crippen LogP contribution in [-0.2, 0) is 4.74 Å². The Kier molecular flexibility index (Phi) is 6.61. The summed E-state index contributed by atoms with van der Waals surface area (Å²) >= 11 is 0. The quantitative estimate of drug-likeness (QED) is 0.702. The van der Waals surface area contributed by atoms with Crippen LogP contribution in [0.5, 0.6) is 0 Å². The summed E-state index contributed by atoms with van der Waals surface area (Å²) < 4.78 is 5.15. The summed E-state index contributed by atoms with van der Waals surface area (Å²) in [6.45, 7) is 7.65. The van der Waals surface area contributed by atoms with Crippen molar-refractivity contribution < 1.29 is 9.84 Å². The van der Waals surface area contributed by atoms with Crippen molar-refractivity contribution in [1.82, 2.24) is 5.32 Å². The normalized spacial score (nSPS) is 20.0. The highest BCUT2D eigenvalue weighted by Gasteiger charge is 2.31. The van der Waals surface area contributed by atoms with Crippen LogP contribution in [0.1, 0.15) is 52.4 Å². The van der Waals surface area contributed by atoms with E-state index >= 15 is 0 Å². The van der Waals surface area contributed by atoms with Gasteiger partial charge in [-0.2, -0.15) is 0 Å². The number of aliphatic hydroxyl groups is 1. The second-order valence-corrected chi connectivity index (χ2v) is 6.73. The van der Waals surface area contributed by atoms with Gasteiger partial charge in [0.05, 0.1) is 0 Å². The molecule has 0 aromatic rings. The van der Waals surface area contributed by atoms with Crippen LogP contribution in [0, 0.1) is 10.8 Å². The van der Waals surface area contributed by atoms with Crippen LogP contribution >= 0.6 is 0 Å². The minimum atomic E-state index is 0.148. The lowest BCUT2D eigenvalue weighted by Crippen LogP contribution is -2.42. The van der Waals surface area contributed by atoms with Crippen molar-refractivity contribution in [1.29, 1.82) is 0 Å². The Bertz CT molecular complexity index is 223. The fourth-order valence-corrected chi connectivity index (χ4v) is 2.83. The number of ether oxygens (including phenoxy) is 1. The zero-order valence-electron chi connectivity index (χ0n) is 12.4. The molecule has 2 N–H and O–H groups in total. The predicted molar refractivity (Wildman–Crippen MR) is 75.7 cm³/mol. The summed E-state index contributed by atoms with van der Waals surface area (Å²) in [4.78, 5) is 0. The Hall–Kier alpha value is -0.120. The smallest absolute Gasteiger partial charge is 0.0499 e. The van der Waals surface area contributed by atoms with Crippen LogP contribution in [0.25, 0.3) is 0 Å². The van der Waals surface area contributed by atoms with Crippen molar-refractivity contribution in [3.05, 3.63) is 0 Å². The number of methoxy groups -OCH3 is 1. The lowest BCUT2D eigenvalue weighted by atomic mass is 9.74. The van der Waals surface area contributed by atoms with Crippen LogP contribution in [0.15, 0.2) is 0 Å². The fraction of sp³-hybridized carbons (Fsp3) is 1.00. The predicted octanol–water partition coefficient (Wildman–Crippen LogP) is 2.58. The molecule has 0 unspecified atom stereocenters. The van der Waals surface area contributed by atoms with Gasteiger partial charge >= 0.3 is 0 Å². The second-order valence-electron chi connectivity index (χ2n) is 6.73. The summed E-state index contributed by atoms with van der Waals surface area (Å²) in [6.07, 6.45) is 7.30. The maximum atomic E-state index is 9.65. The lowest BCUT2D eigenvalue weighted by Gasteiger charge is -2.37. The molecule has 0 amide bonds. The first-order chi connectivity index (χ1) is 8.54. The van der Waals surface area contributed by atoms with Crippen molar-refractivity contribution in [2.24, 2.45) is 10.8 Å². The van der Waals surface area contributed by atoms with E-state index in [-0.39, 0.29) is 10.8 Å². The zero-order valence-corrected chi connectivity index (χ0v) is 12.4. The number of aliphatic hydroxyl groups excluding tert-OH is 1. The molecule has 1 rings (SSSR count). The van der Waals surface area contributed by atoms with Gasteiger partial charge < -0.3 is 15.2 Å². The number of rotatable bonds is 8. The number of nitrogens with one attached hydrogen (secondary N) is 1. The Morgan fingerprint density at radius 2 is 1.89 bits per heavy atom. The molecule has 0 heterocycles. The van der Waals surface area contributed by atoms with Crippen LogP contribution in [0.4, 0.5) is 0 Å². The molecule has 108 valence electrons. The van der Waals surface area contributed by atoms with E-state index in [4.69, 9.17) is 4.74 Å². The molecule has 3 heteroatoms. The highest BCUT2D eigenvalue weighted by molar-refractivity contribution is 4.85. The molecule has 1 saturated carbocycles. The van der Waals surface area contributed by atoms with E-state index in [1.165, 1.54) is 32.1 Å². The summed E-state index contributed by atoms with van der Waals surface area (Å²) in [7, 11) is 1.76. The van der Waals surface area contributed by atoms with Gasteiger partial charge in [0.15, 0.2) is 0 Å². The molecule has 0 bridgehead atoms. The molecule has 0 aromatic heterocycles. The molecular weight excluding hydrogens is 226 g/mol. The van der Waals surface area contributed by atoms with Crippen molar-refractivity contribution in [3.8, 4) is 0 Å². The Balaban J connectivity index is 2.30. The third-order valence-electron chi connectivity index (χ3n) is 4.34. The molecule has 0 atom stereocenters. The van der Waals surface area contributed by atoms with Crippen LogP contribution in [0.2, 0.25) is 0 Å². The minimum Gasteiger partial charge on any atom is -0.396 e. The topological polar surface area (TPSA) is 41.5 Å². The molecule has 18 heavy (non-hydrogen) atoms. The number of hydrogen-bond donors (Lipinski definition) is 2. The van der Waals surface area contributed by atoms with Gasteiger partial charge in [-0.25, -0.2) is 0 Å². The van der Waals surface area contributed by atoms with Crippen molar-refractivity contribution in [2.45, 2.75) is 52.4 Å². The maximum absolute atomic E-state index is 9.65. The van der Waals surface area contributed by atoms with Gasteiger partial charge in [0, 0.05) is 38.8 Å². The van der Waals surface area contributed by atoms with Crippen molar-refractivity contribution >= 4 is 0 Å². The Morgan fingerprint density at radius 3 is 2.44 bits per heavy atom. The van der Waals surface area contributed by atoms with E-state index in [0.717, 1.165) is 26.1 Å². The van der Waals surface area contributed by atoms with Gasteiger partial charge in [-0.3, -0.25) is 0 Å². The molecule has 0 spiro atoms. The lowest BCUT2D eigenvalue weighted by molar-refractivity contribution is 0.0765. The Labute approximate surface area is 112 Å². The molecule has 3 nitrogen and oxygen atoms in total. The van der Waals surface area contributed by atoms with Gasteiger partial charge in [0.2, 0.25) is 0 Å². The first-order valence-electron chi connectivity index (χ1n) is 7.34. The second kappa shape index (κ2) is 7.46. The van der Waals surface area contributed by atoms with Crippen molar-refractivity contribution in [2.75, 3.05) is 33.4 Å². The summed E-state index contributed by atoms with van der Waals surface area (Å²) in [5, 5.41) is 13.2. The summed E-state index contributed by atoms with van der Waals surface area (Å²) in [6, 6.07) is 0. The molecule has 1 aliphatic carbocycles. The number of hydrogen-bond acceptors (Lipinski definition) is 3. The minimum absolute atomic E-state index is 0.148. The van der Waals surface area contributed by atoms with Crippen LogP contribution in [0.3, 0.4) is 0 Å². The van der Waals surface area contributed by atoms with E-state index in [2.05, 4.69) is 19.2 Å². The molecule has 0 aromatic carbocycles. The maximum Gasteiger partial charge on any atom is 0.0499 e. The van der Waals surface area contributed by atoms with Gasteiger partial charge in [0.25, 0.3) is 0 Å². The zero-order chi connectivity index (χ0) is 13.5. The van der Waals surface area contributed by atoms with Crippen LogP contribution < -0.4 is 5.32 Å². The van der Waals surface area contributed by atoms with Gasteiger partial charge in [-0.05, 0) is 24.7 Å². The molecule has 1 fully saturated rings. The molecule has 1 aliphatic rings. The van der Waals surface area contributed by atoms with E-state index in [1.807, 2.05) is 0 Å². The molecule has 0 aliphatic heterocycles. The van der Waals surface area contributed by atoms with Gasteiger partial charge in [-0.15, -0.1) is 0 Å².